The van der Waals surface area contributed by atoms with Crippen LogP contribution in [0, 0.1) is 6.92 Å². The maximum absolute atomic E-state index is 12.8. The predicted octanol–water partition coefficient (Wildman–Crippen LogP) is 3.64. The fraction of sp³-hybridized carbons (Fsp3) is 0.421. The van der Waals surface area contributed by atoms with Crippen LogP contribution in [0.15, 0.2) is 41.8 Å². The third-order valence-corrected chi connectivity index (χ3v) is 5.10. The van der Waals surface area contributed by atoms with Crippen molar-refractivity contribution in [3.63, 3.8) is 0 Å². The number of ether oxygens (including phenoxy) is 2. The number of hydrogen-bond donors (Lipinski definition) is 0. The third-order valence-electron chi connectivity index (χ3n) is 4.24. The van der Waals surface area contributed by atoms with Crippen LogP contribution in [-0.2, 0) is 16.1 Å². The van der Waals surface area contributed by atoms with Crippen LogP contribution in [0.2, 0.25) is 0 Å². The largest absolute Gasteiger partial charge is 0.484 e. The van der Waals surface area contributed by atoms with Crippen LogP contribution in [-0.4, -0.2) is 36.7 Å². The van der Waals surface area contributed by atoms with Gasteiger partial charge in [0.05, 0.1) is 6.54 Å². The molecule has 4 nitrogen and oxygen atoms in total. The number of carbonyl (C=O) groups is 1. The van der Waals surface area contributed by atoms with Crippen molar-refractivity contribution < 1.29 is 14.3 Å². The third kappa shape index (κ3) is 4.58. The molecule has 2 heterocycles. The lowest BCUT2D eigenvalue weighted by atomic mass is 10.1. The molecule has 0 saturated carbocycles. The highest BCUT2D eigenvalue weighted by Gasteiger charge is 2.26. The van der Waals surface area contributed by atoms with E-state index in [4.69, 9.17) is 9.47 Å². The molecule has 1 amide bonds. The van der Waals surface area contributed by atoms with E-state index < -0.39 is 0 Å². The summed E-state index contributed by atoms with van der Waals surface area (Å²) in [5, 5.41) is 2.05. The highest BCUT2D eigenvalue weighted by molar-refractivity contribution is 7.09. The average molecular weight is 345 g/mol. The van der Waals surface area contributed by atoms with E-state index in [1.165, 1.54) is 10.4 Å². The first kappa shape index (κ1) is 17.0. The average Bonchev–Trinajstić information content (AvgIpc) is 3.13. The van der Waals surface area contributed by atoms with Crippen molar-refractivity contribution in [3.05, 3.63) is 52.2 Å². The smallest absolute Gasteiger partial charge is 0.261 e. The number of nitrogens with zero attached hydrogens (tertiary/aromatic N) is 1. The molecule has 2 aromatic rings. The van der Waals surface area contributed by atoms with Crippen LogP contribution >= 0.6 is 11.3 Å². The Kier molecular flexibility index (Phi) is 5.88. The number of amides is 1. The Bertz CT molecular complexity index is 633. The Hall–Kier alpha value is -1.85. The van der Waals surface area contributed by atoms with Gasteiger partial charge in [-0.3, -0.25) is 4.79 Å². The van der Waals surface area contributed by atoms with Crippen LogP contribution in [0.5, 0.6) is 5.75 Å². The van der Waals surface area contributed by atoms with E-state index >= 15 is 0 Å². The van der Waals surface area contributed by atoms with Crippen LogP contribution in [0.25, 0.3) is 0 Å². The highest BCUT2D eigenvalue weighted by atomic mass is 32.1. The molecule has 1 fully saturated rings. The zero-order chi connectivity index (χ0) is 16.8. The van der Waals surface area contributed by atoms with Gasteiger partial charge in [-0.15, -0.1) is 11.3 Å². The van der Waals surface area contributed by atoms with Crippen molar-refractivity contribution in [1.29, 1.82) is 0 Å². The minimum absolute atomic E-state index is 0.0378. The lowest BCUT2D eigenvalue weighted by Crippen LogP contribution is -2.44. The molecule has 1 aliphatic heterocycles. The van der Waals surface area contributed by atoms with Gasteiger partial charge in [0.15, 0.2) is 6.61 Å². The molecule has 24 heavy (non-hydrogen) atoms. The summed E-state index contributed by atoms with van der Waals surface area (Å²) < 4.78 is 11.1. The molecule has 0 radical (unpaired) electrons. The van der Waals surface area contributed by atoms with Crippen LogP contribution in [0.4, 0.5) is 0 Å². The Morgan fingerprint density at radius 1 is 1.25 bits per heavy atom. The lowest BCUT2D eigenvalue weighted by Gasteiger charge is -2.34. The van der Waals surface area contributed by atoms with Crippen molar-refractivity contribution in [2.75, 3.05) is 19.8 Å². The molecule has 0 spiro atoms. The molecule has 1 saturated heterocycles. The molecule has 0 unspecified atom stereocenters. The van der Waals surface area contributed by atoms with Gasteiger partial charge in [0.1, 0.15) is 5.75 Å². The summed E-state index contributed by atoms with van der Waals surface area (Å²) in [6.07, 6.45) is 1.78. The Labute approximate surface area is 147 Å². The van der Waals surface area contributed by atoms with E-state index in [-0.39, 0.29) is 18.6 Å². The second kappa shape index (κ2) is 8.31. The second-order valence-corrected chi connectivity index (χ2v) is 7.08. The molecule has 5 heteroatoms. The lowest BCUT2D eigenvalue weighted by molar-refractivity contribution is -0.138. The maximum atomic E-state index is 12.8. The normalized spacial score (nSPS) is 15.2. The number of carbonyl (C=O) groups excluding carboxylic acids is 1. The summed E-state index contributed by atoms with van der Waals surface area (Å²) in [7, 11) is 0. The minimum atomic E-state index is 0.0378. The Morgan fingerprint density at radius 2 is 2.00 bits per heavy atom. The van der Waals surface area contributed by atoms with Gasteiger partial charge in [0.2, 0.25) is 0 Å². The summed E-state index contributed by atoms with van der Waals surface area (Å²) >= 11 is 1.68. The van der Waals surface area contributed by atoms with E-state index in [9.17, 15) is 4.79 Å². The topological polar surface area (TPSA) is 38.8 Å². The first-order valence-electron chi connectivity index (χ1n) is 8.31. The first-order valence-corrected chi connectivity index (χ1v) is 9.19. The quantitative estimate of drug-likeness (QED) is 0.802. The SMILES string of the molecule is Cc1ccc(OCC(=O)N(Cc2cccs2)C2CCOCC2)cc1. The van der Waals surface area contributed by atoms with Gasteiger partial charge in [0.25, 0.3) is 5.91 Å². The summed E-state index contributed by atoms with van der Waals surface area (Å²) in [5.41, 5.74) is 1.18. The molecule has 1 aromatic heterocycles. The van der Waals surface area contributed by atoms with Gasteiger partial charge < -0.3 is 14.4 Å². The van der Waals surface area contributed by atoms with Crippen LogP contribution < -0.4 is 4.74 Å². The molecular formula is C19H23NO3S. The van der Waals surface area contributed by atoms with Crippen molar-refractivity contribution in [2.45, 2.75) is 32.4 Å². The predicted molar refractivity (Wildman–Crippen MR) is 95.4 cm³/mol. The molecule has 0 N–H and O–H groups in total. The molecule has 0 aliphatic carbocycles. The Morgan fingerprint density at radius 3 is 2.67 bits per heavy atom. The van der Waals surface area contributed by atoms with Gasteiger partial charge >= 0.3 is 0 Å². The molecule has 0 bridgehead atoms. The fourth-order valence-corrected chi connectivity index (χ4v) is 3.55. The monoisotopic (exact) mass is 345 g/mol. The number of benzene rings is 1. The summed E-state index contributed by atoms with van der Waals surface area (Å²) in [5.74, 6) is 0.771. The van der Waals surface area contributed by atoms with Crippen molar-refractivity contribution in [3.8, 4) is 5.75 Å². The first-order chi connectivity index (χ1) is 11.7. The molecule has 0 atom stereocenters. The van der Waals surface area contributed by atoms with Gasteiger partial charge in [-0.25, -0.2) is 0 Å². The molecule has 1 aromatic carbocycles. The molecular weight excluding hydrogens is 322 g/mol. The van der Waals surface area contributed by atoms with Crippen molar-refractivity contribution in [2.24, 2.45) is 0 Å². The van der Waals surface area contributed by atoms with Gasteiger partial charge in [-0.1, -0.05) is 23.8 Å². The summed E-state index contributed by atoms with van der Waals surface area (Å²) in [6.45, 7) is 4.20. The fourth-order valence-electron chi connectivity index (χ4n) is 2.85. The summed E-state index contributed by atoms with van der Waals surface area (Å²) in [4.78, 5) is 15.9. The number of thiophene rings is 1. The number of hydrogen-bond acceptors (Lipinski definition) is 4. The summed E-state index contributed by atoms with van der Waals surface area (Å²) in [6, 6.07) is 12.1. The van der Waals surface area contributed by atoms with Gasteiger partial charge in [0, 0.05) is 24.1 Å². The van der Waals surface area contributed by atoms with Crippen LogP contribution in [0.3, 0.4) is 0 Å². The Balaban J connectivity index is 1.64. The molecule has 1 aliphatic rings. The van der Waals surface area contributed by atoms with E-state index in [2.05, 4.69) is 6.07 Å². The van der Waals surface area contributed by atoms with E-state index in [1.807, 2.05) is 47.5 Å². The van der Waals surface area contributed by atoms with Gasteiger partial charge in [-0.05, 0) is 43.3 Å². The van der Waals surface area contributed by atoms with E-state index in [0.29, 0.717) is 6.54 Å². The van der Waals surface area contributed by atoms with Gasteiger partial charge in [-0.2, -0.15) is 0 Å². The molecule has 3 rings (SSSR count). The zero-order valence-corrected chi connectivity index (χ0v) is 14.8. The zero-order valence-electron chi connectivity index (χ0n) is 13.9. The molecule has 128 valence electrons. The number of aryl methyl sites for hydroxylation is 1. The van der Waals surface area contributed by atoms with Crippen molar-refractivity contribution in [1.82, 2.24) is 4.90 Å². The van der Waals surface area contributed by atoms with Crippen molar-refractivity contribution >= 4 is 17.2 Å². The standard InChI is InChI=1S/C19H23NO3S/c1-15-4-6-17(7-5-15)23-14-19(21)20(13-18-3-2-12-24-18)16-8-10-22-11-9-16/h2-7,12,16H,8-11,13-14H2,1H3. The number of rotatable bonds is 6. The van der Waals surface area contributed by atoms with E-state index in [0.717, 1.165) is 31.8 Å². The van der Waals surface area contributed by atoms with E-state index in [1.54, 1.807) is 11.3 Å². The highest BCUT2D eigenvalue weighted by Crippen LogP contribution is 2.20. The second-order valence-electron chi connectivity index (χ2n) is 6.05. The van der Waals surface area contributed by atoms with Crippen LogP contribution in [0.1, 0.15) is 23.3 Å². The maximum Gasteiger partial charge on any atom is 0.261 e. The minimum Gasteiger partial charge on any atom is -0.484 e.